The maximum atomic E-state index is 13.4. The first-order valence-electron chi connectivity index (χ1n) is 13.2. The quantitative estimate of drug-likeness (QED) is 0.229. The number of rotatable bonds is 8. The molecule has 0 saturated carbocycles. The van der Waals surface area contributed by atoms with E-state index in [1.165, 1.54) is 17.0 Å². The fourth-order valence-corrected chi connectivity index (χ4v) is 6.10. The maximum Gasteiger partial charge on any atom is 0.255 e. The van der Waals surface area contributed by atoms with Crippen molar-refractivity contribution < 1.29 is 18.3 Å². The standard InChI is InChI=1S/C32H33FN2O3S/c1-32(2,3)23-10-15-27-28(17-23)39-31(29(27)30(36)34-19-26-5-4-16-37-26)35-18-21-8-13-25(14-9-21)38-20-22-6-11-24(33)12-7-22/h4-9,11-14,16,18,23H,10,15,17,19-20H2,1-3H3,(H,34,36)/t23-/m0/s1. The molecule has 1 N–H and O–H groups in total. The van der Waals surface area contributed by atoms with Crippen LogP contribution in [0.3, 0.4) is 0 Å². The molecule has 0 aliphatic heterocycles. The summed E-state index contributed by atoms with van der Waals surface area (Å²) < 4.78 is 24.3. The highest BCUT2D eigenvalue weighted by Gasteiger charge is 2.33. The van der Waals surface area contributed by atoms with E-state index in [4.69, 9.17) is 14.1 Å². The monoisotopic (exact) mass is 544 g/mol. The Kier molecular flexibility index (Phi) is 7.98. The lowest BCUT2D eigenvalue weighted by molar-refractivity contribution is 0.0947. The Balaban J connectivity index is 1.33. The third kappa shape index (κ3) is 6.66. The van der Waals surface area contributed by atoms with Gasteiger partial charge >= 0.3 is 0 Å². The molecule has 2 aromatic heterocycles. The molecule has 0 bridgehead atoms. The van der Waals surface area contributed by atoms with Gasteiger partial charge in [0.25, 0.3) is 5.91 Å². The van der Waals surface area contributed by atoms with Gasteiger partial charge in [-0.2, -0.15) is 0 Å². The highest BCUT2D eigenvalue weighted by molar-refractivity contribution is 7.16. The lowest BCUT2D eigenvalue weighted by atomic mass is 9.72. The molecule has 7 heteroatoms. The Hall–Kier alpha value is -3.71. The fourth-order valence-electron chi connectivity index (χ4n) is 4.84. The van der Waals surface area contributed by atoms with Crippen molar-refractivity contribution in [1.29, 1.82) is 0 Å². The van der Waals surface area contributed by atoms with E-state index in [-0.39, 0.29) is 17.1 Å². The molecule has 1 aliphatic rings. The van der Waals surface area contributed by atoms with Crippen molar-refractivity contribution in [2.75, 3.05) is 0 Å². The largest absolute Gasteiger partial charge is 0.489 e. The van der Waals surface area contributed by atoms with Gasteiger partial charge in [-0.1, -0.05) is 32.9 Å². The van der Waals surface area contributed by atoms with Gasteiger partial charge in [0.15, 0.2) is 0 Å². The number of carbonyl (C=O) groups excluding carboxylic acids is 1. The molecule has 0 spiro atoms. The highest BCUT2D eigenvalue weighted by Crippen LogP contribution is 2.45. The molecular formula is C32H33FN2O3S. The Morgan fingerprint density at radius 2 is 1.92 bits per heavy atom. The molecule has 1 amide bonds. The summed E-state index contributed by atoms with van der Waals surface area (Å²) in [6.45, 7) is 7.57. The topological polar surface area (TPSA) is 63.8 Å². The number of fused-ring (bicyclic) bond motifs is 1. The molecule has 0 unspecified atom stereocenters. The fraction of sp³-hybridized carbons (Fsp3) is 0.312. The zero-order valence-corrected chi connectivity index (χ0v) is 23.3. The van der Waals surface area contributed by atoms with Gasteiger partial charge in [-0.05, 0) is 95.8 Å². The predicted octanol–water partition coefficient (Wildman–Crippen LogP) is 7.89. The first-order valence-corrected chi connectivity index (χ1v) is 14.0. The van der Waals surface area contributed by atoms with Crippen LogP contribution in [0.1, 0.15) is 64.9 Å². The summed E-state index contributed by atoms with van der Waals surface area (Å²) in [4.78, 5) is 19.4. The number of furan rings is 1. The highest BCUT2D eigenvalue weighted by atomic mass is 32.1. The smallest absolute Gasteiger partial charge is 0.255 e. The molecule has 1 aliphatic carbocycles. The molecule has 2 aromatic carbocycles. The van der Waals surface area contributed by atoms with Gasteiger partial charge in [0.05, 0.1) is 18.4 Å². The van der Waals surface area contributed by atoms with E-state index in [1.807, 2.05) is 36.4 Å². The lowest BCUT2D eigenvalue weighted by Crippen LogP contribution is -2.28. The van der Waals surface area contributed by atoms with Crippen LogP contribution in [-0.2, 0) is 26.0 Å². The van der Waals surface area contributed by atoms with E-state index in [1.54, 1.807) is 35.9 Å². The minimum Gasteiger partial charge on any atom is -0.489 e. The number of aliphatic imine (C=N–C) groups is 1. The van der Waals surface area contributed by atoms with Crippen molar-refractivity contribution in [3.05, 3.63) is 106 Å². The molecule has 202 valence electrons. The summed E-state index contributed by atoms with van der Waals surface area (Å²) in [7, 11) is 0. The number of hydrogen-bond acceptors (Lipinski definition) is 5. The van der Waals surface area contributed by atoms with Crippen LogP contribution in [0.25, 0.3) is 0 Å². The predicted molar refractivity (Wildman–Crippen MR) is 154 cm³/mol. The van der Waals surface area contributed by atoms with Crippen LogP contribution < -0.4 is 10.1 Å². The maximum absolute atomic E-state index is 13.4. The molecule has 0 saturated heterocycles. The van der Waals surface area contributed by atoms with Gasteiger partial charge in [-0.3, -0.25) is 4.79 Å². The number of ether oxygens (including phenoxy) is 1. The van der Waals surface area contributed by atoms with Gasteiger partial charge < -0.3 is 14.5 Å². The summed E-state index contributed by atoms with van der Waals surface area (Å²) in [5.74, 6) is 1.62. The molecule has 1 atom stereocenters. The second-order valence-corrected chi connectivity index (χ2v) is 12.1. The summed E-state index contributed by atoms with van der Waals surface area (Å²) in [5.41, 5.74) is 3.84. The van der Waals surface area contributed by atoms with E-state index in [2.05, 4.69) is 26.1 Å². The number of amides is 1. The van der Waals surface area contributed by atoms with Crippen LogP contribution in [0.2, 0.25) is 0 Å². The summed E-state index contributed by atoms with van der Waals surface area (Å²) in [6.07, 6.45) is 6.32. The van der Waals surface area contributed by atoms with Gasteiger partial charge in [-0.15, -0.1) is 11.3 Å². The second-order valence-electron chi connectivity index (χ2n) is 11.0. The third-order valence-electron chi connectivity index (χ3n) is 7.23. The Morgan fingerprint density at radius 1 is 1.15 bits per heavy atom. The van der Waals surface area contributed by atoms with Gasteiger partial charge in [0.2, 0.25) is 0 Å². The van der Waals surface area contributed by atoms with Crippen molar-refractivity contribution in [3.63, 3.8) is 0 Å². The Bertz CT molecular complexity index is 1430. The lowest BCUT2D eigenvalue weighted by Gasteiger charge is -2.33. The van der Waals surface area contributed by atoms with Crippen molar-refractivity contribution >= 4 is 28.5 Å². The van der Waals surface area contributed by atoms with Crippen LogP contribution in [0.4, 0.5) is 9.39 Å². The van der Waals surface area contributed by atoms with Crippen LogP contribution in [0.5, 0.6) is 5.75 Å². The number of carbonyl (C=O) groups is 1. The normalized spacial score (nSPS) is 15.3. The molecule has 0 radical (unpaired) electrons. The summed E-state index contributed by atoms with van der Waals surface area (Å²) in [6, 6.07) is 17.6. The van der Waals surface area contributed by atoms with Crippen molar-refractivity contribution in [1.82, 2.24) is 5.32 Å². The van der Waals surface area contributed by atoms with Crippen LogP contribution in [-0.4, -0.2) is 12.1 Å². The van der Waals surface area contributed by atoms with Gasteiger partial charge in [0.1, 0.15) is 28.9 Å². The molecular weight excluding hydrogens is 511 g/mol. The number of nitrogens with one attached hydrogen (secondary N) is 1. The second kappa shape index (κ2) is 11.6. The average molecular weight is 545 g/mol. The third-order valence-corrected chi connectivity index (χ3v) is 8.39. The van der Waals surface area contributed by atoms with Crippen molar-refractivity contribution in [3.8, 4) is 5.75 Å². The zero-order chi connectivity index (χ0) is 27.4. The number of nitrogens with zero attached hydrogens (tertiary/aromatic N) is 1. The Labute approximate surface area is 232 Å². The zero-order valence-electron chi connectivity index (χ0n) is 22.5. The number of thiophene rings is 1. The minimum absolute atomic E-state index is 0.116. The van der Waals surface area contributed by atoms with Crippen LogP contribution in [0.15, 0.2) is 76.3 Å². The number of hydrogen-bond donors (Lipinski definition) is 1. The van der Waals surface area contributed by atoms with E-state index in [0.717, 1.165) is 41.0 Å². The first-order chi connectivity index (χ1) is 18.8. The first kappa shape index (κ1) is 26.9. The van der Waals surface area contributed by atoms with Crippen LogP contribution in [0, 0.1) is 17.2 Å². The average Bonchev–Trinajstić information content (AvgIpc) is 3.58. The molecule has 5 rings (SSSR count). The SMILES string of the molecule is CC(C)(C)[C@H]1CCc2c(sc(N=Cc3ccc(OCc4ccc(F)cc4)cc3)c2C(=O)NCc2ccco2)C1. The van der Waals surface area contributed by atoms with Crippen molar-refractivity contribution in [2.24, 2.45) is 16.3 Å². The number of benzene rings is 2. The molecule has 5 nitrogen and oxygen atoms in total. The van der Waals surface area contributed by atoms with E-state index in [9.17, 15) is 9.18 Å². The van der Waals surface area contributed by atoms with E-state index < -0.39 is 0 Å². The van der Waals surface area contributed by atoms with Crippen molar-refractivity contribution in [2.45, 2.75) is 53.2 Å². The minimum atomic E-state index is -0.263. The molecule has 39 heavy (non-hydrogen) atoms. The Morgan fingerprint density at radius 3 is 2.62 bits per heavy atom. The van der Waals surface area contributed by atoms with Gasteiger partial charge in [0, 0.05) is 11.1 Å². The molecule has 2 heterocycles. The molecule has 4 aromatic rings. The summed E-state index contributed by atoms with van der Waals surface area (Å²) >= 11 is 1.63. The molecule has 0 fully saturated rings. The van der Waals surface area contributed by atoms with Crippen LogP contribution >= 0.6 is 11.3 Å². The van der Waals surface area contributed by atoms with E-state index in [0.29, 0.717) is 36.1 Å². The summed E-state index contributed by atoms with van der Waals surface area (Å²) in [5, 5.41) is 3.76. The number of halogens is 1. The van der Waals surface area contributed by atoms with E-state index >= 15 is 0 Å². The van der Waals surface area contributed by atoms with Gasteiger partial charge in [-0.25, -0.2) is 9.38 Å².